The molecule has 1 aromatic carbocycles. The van der Waals surface area contributed by atoms with Crippen LogP contribution in [0.3, 0.4) is 0 Å². The van der Waals surface area contributed by atoms with Crippen LogP contribution in [0.25, 0.3) is 0 Å². The highest BCUT2D eigenvalue weighted by Crippen LogP contribution is 2.31. The lowest BCUT2D eigenvalue weighted by molar-refractivity contribution is 0.203. The smallest absolute Gasteiger partial charge is 0.0417 e. The Morgan fingerprint density at radius 1 is 1.32 bits per heavy atom. The molecule has 1 aromatic rings. The molecule has 2 fully saturated rings. The molecule has 2 heterocycles. The first kappa shape index (κ1) is 12.9. The molecule has 104 valence electrons. The van der Waals surface area contributed by atoms with E-state index in [9.17, 15) is 0 Å². The summed E-state index contributed by atoms with van der Waals surface area (Å²) in [5.74, 6) is 0. The predicted octanol–water partition coefficient (Wildman–Crippen LogP) is 2.13. The number of nitrogens with two attached hydrogens (primary N) is 1. The normalized spacial score (nSPS) is 27.6. The molecule has 0 saturated carbocycles. The Balaban J connectivity index is 1.90. The number of benzene rings is 1. The fourth-order valence-corrected chi connectivity index (χ4v) is 3.64. The highest BCUT2D eigenvalue weighted by molar-refractivity contribution is 5.57. The van der Waals surface area contributed by atoms with Gasteiger partial charge in [-0.2, -0.15) is 0 Å². The zero-order chi connectivity index (χ0) is 13.4. The van der Waals surface area contributed by atoms with Crippen LogP contribution in [0.1, 0.15) is 30.9 Å². The van der Waals surface area contributed by atoms with Gasteiger partial charge in [-0.05, 0) is 50.4 Å². The van der Waals surface area contributed by atoms with Crippen LogP contribution in [0.15, 0.2) is 18.2 Å². The van der Waals surface area contributed by atoms with E-state index in [0.29, 0.717) is 12.6 Å². The van der Waals surface area contributed by atoms with Crippen molar-refractivity contribution in [1.82, 2.24) is 4.90 Å². The first-order valence-corrected chi connectivity index (χ1v) is 7.49. The topological polar surface area (TPSA) is 32.5 Å². The van der Waals surface area contributed by atoms with Crippen LogP contribution in [0, 0.1) is 6.92 Å². The van der Waals surface area contributed by atoms with E-state index in [-0.39, 0.29) is 0 Å². The van der Waals surface area contributed by atoms with Crippen molar-refractivity contribution in [3.05, 3.63) is 29.3 Å². The first-order valence-electron chi connectivity index (χ1n) is 7.49. The standard InChI is InChI=1S/C16H25N3/c1-12-5-6-14(9-17)16(8-12)19-11-15-4-3-7-18(15)10-13(19)2/h5-6,8,13,15H,3-4,7,9-11,17H2,1-2H3. The number of piperazine rings is 1. The van der Waals surface area contributed by atoms with Crippen LogP contribution < -0.4 is 10.6 Å². The number of fused-ring (bicyclic) bond motifs is 1. The van der Waals surface area contributed by atoms with Gasteiger partial charge in [-0.1, -0.05) is 12.1 Å². The van der Waals surface area contributed by atoms with Gasteiger partial charge in [-0.3, -0.25) is 4.90 Å². The second-order valence-corrected chi connectivity index (χ2v) is 6.13. The van der Waals surface area contributed by atoms with Gasteiger partial charge in [-0.25, -0.2) is 0 Å². The summed E-state index contributed by atoms with van der Waals surface area (Å²) in [6.07, 6.45) is 2.72. The third-order valence-electron chi connectivity index (χ3n) is 4.71. The summed E-state index contributed by atoms with van der Waals surface area (Å²) in [4.78, 5) is 5.25. The molecule has 2 unspecified atom stereocenters. The monoisotopic (exact) mass is 259 g/mol. The molecule has 2 N–H and O–H groups in total. The highest BCUT2D eigenvalue weighted by Gasteiger charge is 2.34. The van der Waals surface area contributed by atoms with Gasteiger partial charge in [-0.15, -0.1) is 0 Å². The van der Waals surface area contributed by atoms with E-state index in [4.69, 9.17) is 5.73 Å². The quantitative estimate of drug-likeness (QED) is 0.883. The largest absolute Gasteiger partial charge is 0.366 e. The summed E-state index contributed by atoms with van der Waals surface area (Å²) < 4.78 is 0. The maximum atomic E-state index is 5.92. The Hall–Kier alpha value is -1.06. The fourth-order valence-electron chi connectivity index (χ4n) is 3.64. The minimum Gasteiger partial charge on any atom is -0.366 e. The molecule has 2 aliphatic heterocycles. The lowest BCUT2D eigenvalue weighted by Gasteiger charge is -2.44. The second kappa shape index (κ2) is 5.14. The Bertz CT molecular complexity index is 457. The van der Waals surface area contributed by atoms with Crippen LogP contribution in [-0.2, 0) is 6.54 Å². The number of anilines is 1. The van der Waals surface area contributed by atoms with Gasteiger partial charge in [0.1, 0.15) is 0 Å². The molecule has 19 heavy (non-hydrogen) atoms. The molecule has 2 atom stereocenters. The highest BCUT2D eigenvalue weighted by atomic mass is 15.3. The van der Waals surface area contributed by atoms with Gasteiger partial charge in [0.25, 0.3) is 0 Å². The minimum atomic E-state index is 0.585. The molecule has 2 aliphatic rings. The molecule has 3 rings (SSSR count). The molecule has 3 heteroatoms. The van der Waals surface area contributed by atoms with Gasteiger partial charge in [0.2, 0.25) is 0 Å². The average Bonchev–Trinajstić information content (AvgIpc) is 2.84. The van der Waals surface area contributed by atoms with Gasteiger partial charge >= 0.3 is 0 Å². The molecule has 0 aliphatic carbocycles. The Labute approximate surface area is 116 Å². The predicted molar refractivity (Wildman–Crippen MR) is 80.5 cm³/mol. The maximum Gasteiger partial charge on any atom is 0.0417 e. The maximum absolute atomic E-state index is 5.92. The summed E-state index contributed by atoms with van der Waals surface area (Å²) in [7, 11) is 0. The zero-order valence-electron chi connectivity index (χ0n) is 12.1. The molecule has 0 aromatic heterocycles. The average molecular weight is 259 g/mol. The molecule has 0 bridgehead atoms. The SMILES string of the molecule is Cc1ccc(CN)c(N2CC3CCCN3CC2C)c1. The molecule has 0 spiro atoms. The van der Waals surface area contributed by atoms with E-state index in [2.05, 4.69) is 41.8 Å². The lowest BCUT2D eigenvalue weighted by atomic mass is 10.0. The number of rotatable bonds is 2. The van der Waals surface area contributed by atoms with Crippen molar-refractivity contribution in [2.75, 3.05) is 24.5 Å². The van der Waals surface area contributed by atoms with E-state index in [1.54, 1.807) is 0 Å². The summed E-state index contributed by atoms with van der Waals surface area (Å²) in [5, 5.41) is 0. The third kappa shape index (κ3) is 2.37. The zero-order valence-corrected chi connectivity index (χ0v) is 12.1. The van der Waals surface area contributed by atoms with Gasteiger partial charge in [0, 0.05) is 37.4 Å². The molecular formula is C16H25N3. The van der Waals surface area contributed by atoms with Crippen molar-refractivity contribution in [3.8, 4) is 0 Å². The summed E-state index contributed by atoms with van der Waals surface area (Å²) in [6.45, 7) is 8.80. The number of nitrogens with zero attached hydrogens (tertiary/aromatic N) is 2. The van der Waals surface area contributed by atoms with Crippen molar-refractivity contribution >= 4 is 5.69 Å². The van der Waals surface area contributed by atoms with E-state index in [0.717, 1.165) is 12.6 Å². The third-order valence-corrected chi connectivity index (χ3v) is 4.71. The van der Waals surface area contributed by atoms with Crippen molar-refractivity contribution in [1.29, 1.82) is 0 Å². The van der Waals surface area contributed by atoms with Gasteiger partial charge < -0.3 is 10.6 Å². The minimum absolute atomic E-state index is 0.585. The Kier molecular flexibility index (Phi) is 3.50. The van der Waals surface area contributed by atoms with Crippen LogP contribution in [0.5, 0.6) is 0 Å². The summed E-state index contributed by atoms with van der Waals surface area (Å²) in [5.41, 5.74) is 9.89. The molecule has 3 nitrogen and oxygen atoms in total. The van der Waals surface area contributed by atoms with Crippen LogP contribution in [0.4, 0.5) is 5.69 Å². The van der Waals surface area contributed by atoms with Crippen LogP contribution in [0.2, 0.25) is 0 Å². The lowest BCUT2D eigenvalue weighted by Crippen LogP contribution is -2.55. The number of hydrogen-bond donors (Lipinski definition) is 1. The van der Waals surface area contributed by atoms with E-state index < -0.39 is 0 Å². The number of aryl methyl sites for hydroxylation is 1. The molecule has 2 saturated heterocycles. The molecular weight excluding hydrogens is 234 g/mol. The van der Waals surface area contributed by atoms with Crippen molar-refractivity contribution in [2.45, 2.75) is 45.3 Å². The van der Waals surface area contributed by atoms with Crippen molar-refractivity contribution in [2.24, 2.45) is 5.73 Å². The molecule has 0 radical (unpaired) electrons. The van der Waals surface area contributed by atoms with E-state index >= 15 is 0 Å². The Morgan fingerprint density at radius 3 is 2.95 bits per heavy atom. The first-order chi connectivity index (χ1) is 9.19. The fraction of sp³-hybridized carbons (Fsp3) is 0.625. The summed E-state index contributed by atoms with van der Waals surface area (Å²) >= 11 is 0. The van der Waals surface area contributed by atoms with E-state index in [1.807, 2.05) is 0 Å². The summed E-state index contributed by atoms with van der Waals surface area (Å²) in [6, 6.07) is 8.01. The number of hydrogen-bond acceptors (Lipinski definition) is 3. The van der Waals surface area contributed by atoms with Crippen LogP contribution >= 0.6 is 0 Å². The van der Waals surface area contributed by atoms with Gasteiger partial charge in [0.15, 0.2) is 0 Å². The van der Waals surface area contributed by atoms with Crippen molar-refractivity contribution < 1.29 is 0 Å². The second-order valence-electron chi connectivity index (χ2n) is 6.13. The Morgan fingerprint density at radius 2 is 2.16 bits per heavy atom. The van der Waals surface area contributed by atoms with Crippen LogP contribution in [-0.4, -0.2) is 36.6 Å². The van der Waals surface area contributed by atoms with Crippen molar-refractivity contribution in [3.63, 3.8) is 0 Å². The van der Waals surface area contributed by atoms with Gasteiger partial charge in [0.05, 0.1) is 0 Å². The van der Waals surface area contributed by atoms with E-state index in [1.165, 1.54) is 42.7 Å². The molecule has 0 amide bonds.